The second kappa shape index (κ2) is 5.46. The summed E-state index contributed by atoms with van der Waals surface area (Å²) in [7, 11) is 0. The first kappa shape index (κ1) is 14.6. The number of ether oxygens (including phenoxy) is 1. The molecule has 0 aromatic heterocycles. The Balaban J connectivity index is 2.12. The normalized spacial score (nSPS) is 17.0. The van der Waals surface area contributed by atoms with E-state index in [2.05, 4.69) is 23.0 Å². The fraction of sp³-hybridized carbons (Fsp3) is 0.278. The first-order valence-electron chi connectivity index (χ1n) is 7.38. The molecule has 1 aliphatic rings. The van der Waals surface area contributed by atoms with Gasteiger partial charge in [-0.25, -0.2) is 5.43 Å². The number of hydrogen-bond acceptors (Lipinski definition) is 3. The number of rotatable bonds is 2. The summed E-state index contributed by atoms with van der Waals surface area (Å²) in [6, 6.07) is 12.1. The van der Waals surface area contributed by atoms with Crippen molar-refractivity contribution in [2.75, 3.05) is 6.54 Å². The van der Waals surface area contributed by atoms with Crippen molar-refractivity contribution in [1.29, 1.82) is 0 Å². The molecular weight excluding hydrogens is 276 g/mol. The lowest BCUT2D eigenvalue weighted by atomic mass is 10.0. The summed E-state index contributed by atoms with van der Waals surface area (Å²) in [6.45, 7) is 6.59. The third-order valence-electron chi connectivity index (χ3n) is 3.39. The number of hydrazine groups is 1. The molecule has 0 atom stereocenters. The number of carbonyl (C=O) groups excluding carboxylic acids is 1. The van der Waals surface area contributed by atoms with Crippen LogP contribution in [-0.2, 0) is 4.79 Å². The third-order valence-corrected chi connectivity index (χ3v) is 3.39. The van der Waals surface area contributed by atoms with E-state index in [9.17, 15) is 4.79 Å². The predicted octanol–water partition coefficient (Wildman–Crippen LogP) is 3.03. The van der Waals surface area contributed by atoms with Crippen molar-refractivity contribution >= 4 is 22.8 Å². The second-order valence-corrected chi connectivity index (χ2v) is 6.43. The molecule has 0 bridgehead atoms. The molecule has 0 aliphatic carbocycles. The monoisotopic (exact) mass is 296 g/mol. The van der Waals surface area contributed by atoms with Crippen LogP contribution in [0.4, 0.5) is 0 Å². The molecule has 114 valence electrons. The largest absolute Gasteiger partial charge is 0.488 e. The topological polar surface area (TPSA) is 50.4 Å². The van der Waals surface area contributed by atoms with Crippen molar-refractivity contribution in [1.82, 2.24) is 10.9 Å². The van der Waals surface area contributed by atoms with Crippen LogP contribution in [0.25, 0.3) is 16.8 Å². The van der Waals surface area contributed by atoms with E-state index in [0.29, 0.717) is 6.54 Å². The smallest absolute Gasteiger partial charge is 0.262 e. The van der Waals surface area contributed by atoms with Gasteiger partial charge in [0.2, 0.25) is 0 Å². The van der Waals surface area contributed by atoms with Crippen molar-refractivity contribution in [2.45, 2.75) is 26.4 Å². The van der Waals surface area contributed by atoms with Crippen LogP contribution < -0.4 is 15.6 Å². The minimum absolute atomic E-state index is 0.0776. The highest BCUT2D eigenvalue weighted by molar-refractivity contribution is 6.02. The second-order valence-electron chi connectivity index (χ2n) is 6.43. The molecule has 2 N–H and O–H groups in total. The average Bonchev–Trinajstić information content (AvgIpc) is 2.82. The summed E-state index contributed by atoms with van der Waals surface area (Å²) in [5.74, 6) is 0.732. The van der Waals surface area contributed by atoms with Crippen LogP contribution in [0.2, 0.25) is 0 Å². The van der Waals surface area contributed by atoms with E-state index in [0.717, 1.165) is 27.7 Å². The van der Waals surface area contributed by atoms with Crippen LogP contribution in [0.3, 0.4) is 0 Å². The van der Waals surface area contributed by atoms with Crippen molar-refractivity contribution in [3.8, 4) is 5.75 Å². The van der Waals surface area contributed by atoms with Gasteiger partial charge in [0.1, 0.15) is 11.4 Å². The van der Waals surface area contributed by atoms with E-state index in [1.54, 1.807) is 0 Å². The molecule has 1 amide bonds. The molecule has 22 heavy (non-hydrogen) atoms. The summed E-state index contributed by atoms with van der Waals surface area (Å²) in [4.78, 5) is 11.8. The van der Waals surface area contributed by atoms with E-state index in [1.165, 1.54) is 0 Å². The molecule has 0 spiro atoms. The zero-order chi connectivity index (χ0) is 15.7. The summed E-state index contributed by atoms with van der Waals surface area (Å²) in [6.07, 6.45) is 1.92. The highest BCUT2D eigenvalue weighted by Gasteiger charge is 2.17. The summed E-state index contributed by atoms with van der Waals surface area (Å²) >= 11 is 0. The average molecular weight is 296 g/mol. The molecule has 2 aromatic rings. The molecule has 0 unspecified atom stereocenters. The number of benzene rings is 2. The third kappa shape index (κ3) is 3.12. The molecule has 1 saturated heterocycles. The predicted molar refractivity (Wildman–Crippen MR) is 88.5 cm³/mol. The van der Waals surface area contributed by atoms with Crippen molar-refractivity contribution in [3.63, 3.8) is 0 Å². The molecule has 4 nitrogen and oxygen atoms in total. The van der Waals surface area contributed by atoms with Crippen molar-refractivity contribution in [3.05, 3.63) is 47.5 Å². The lowest BCUT2D eigenvalue weighted by Crippen LogP contribution is -2.25. The molecule has 3 rings (SSSR count). The lowest BCUT2D eigenvalue weighted by molar-refractivity contribution is -0.116. The molecule has 2 aromatic carbocycles. The molecule has 0 radical (unpaired) electrons. The Morgan fingerprint density at radius 3 is 2.64 bits per heavy atom. The maximum Gasteiger partial charge on any atom is 0.262 e. The van der Waals surface area contributed by atoms with Crippen LogP contribution in [0, 0.1) is 0 Å². The van der Waals surface area contributed by atoms with Crippen molar-refractivity contribution < 1.29 is 9.53 Å². The highest BCUT2D eigenvalue weighted by atomic mass is 16.5. The first-order valence-corrected chi connectivity index (χ1v) is 7.38. The van der Waals surface area contributed by atoms with Gasteiger partial charge in [-0.3, -0.25) is 10.2 Å². The van der Waals surface area contributed by atoms with Crippen LogP contribution >= 0.6 is 0 Å². The minimum atomic E-state index is -0.265. The van der Waals surface area contributed by atoms with Crippen LogP contribution in [0.15, 0.2) is 42.0 Å². The Morgan fingerprint density at radius 2 is 1.95 bits per heavy atom. The SMILES string of the molecule is CC(C)(C)Oc1cc(/C=C2\CNNC2=O)c2ccccc2c1. The van der Waals surface area contributed by atoms with Crippen LogP contribution in [0.5, 0.6) is 5.75 Å². The summed E-state index contributed by atoms with van der Waals surface area (Å²) in [5.41, 5.74) is 6.89. The van der Waals surface area contributed by atoms with Gasteiger partial charge in [-0.15, -0.1) is 0 Å². The van der Waals surface area contributed by atoms with Crippen molar-refractivity contribution in [2.24, 2.45) is 0 Å². The lowest BCUT2D eigenvalue weighted by Gasteiger charge is -2.22. The van der Waals surface area contributed by atoms with Gasteiger partial charge >= 0.3 is 0 Å². The van der Waals surface area contributed by atoms with Gasteiger partial charge in [-0.2, -0.15) is 0 Å². The van der Waals surface area contributed by atoms with Gasteiger partial charge < -0.3 is 4.74 Å². The number of hydrogen-bond donors (Lipinski definition) is 2. The Morgan fingerprint density at radius 1 is 1.18 bits per heavy atom. The van der Waals surface area contributed by atoms with Gasteiger partial charge in [0.05, 0.1) is 0 Å². The highest BCUT2D eigenvalue weighted by Crippen LogP contribution is 2.29. The molecule has 4 heteroatoms. The Bertz CT molecular complexity index is 757. The van der Waals surface area contributed by atoms with Crippen LogP contribution in [-0.4, -0.2) is 18.1 Å². The van der Waals surface area contributed by atoms with Gasteiger partial charge in [0, 0.05) is 12.1 Å². The first-order chi connectivity index (χ1) is 10.4. The number of carbonyl (C=O) groups is 1. The summed E-state index contributed by atoms with van der Waals surface area (Å²) < 4.78 is 6.00. The zero-order valence-electron chi connectivity index (χ0n) is 13.1. The fourth-order valence-corrected chi connectivity index (χ4v) is 2.53. The fourth-order valence-electron chi connectivity index (χ4n) is 2.53. The summed E-state index contributed by atoms with van der Waals surface area (Å²) in [5, 5.41) is 2.21. The minimum Gasteiger partial charge on any atom is -0.488 e. The molecule has 1 fully saturated rings. The number of amides is 1. The van der Waals surface area contributed by atoms with E-state index in [-0.39, 0.29) is 11.5 Å². The zero-order valence-corrected chi connectivity index (χ0v) is 13.1. The number of fused-ring (bicyclic) bond motifs is 1. The maximum atomic E-state index is 11.8. The standard InChI is InChI=1S/C18H20N2O2/c1-18(2,3)22-15-9-12-6-4-5-7-16(12)13(10-15)8-14-11-19-20-17(14)21/h4-10,19H,11H2,1-3H3,(H,20,21)/b14-8+. The van der Waals surface area contributed by atoms with Gasteiger partial charge in [-0.1, -0.05) is 24.3 Å². The Hall–Kier alpha value is -2.33. The van der Waals surface area contributed by atoms with Gasteiger partial charge in [-0.05, 0) is 55.3 Å². The molecular formula is C18H20N2O2. The molecule has 1 aliphatic heterocycles. The number of nitrogens with one attached hydrogen (secondary N) is 2. The van der Waals surface area contributed by atoms with Crippen LogP contribution in [0.1, 0.15) is 26.3 Å². The quantitative estimate of drug-likeness (QED) is 0.838. The van der Waals surface area contributed by atoms with E-state index in [4.69, 9.17) is 4.74 Å². The van der Waals surface area contributed by atoms with E-state index >= 15 is 0 Å². The maximum absolute atomic E-state index is 11.8. The van der Waals surface area contributed by atoms with Gasteiger partial charge in [0.25, 0.3) is 5.91 Å². The molecule has 1 heterocycles. The Labute approximate surface area is 130 Å². The van der Waals surface area contributed by atoms with E-state index < -0.39 is 0 Å². The molecule has 0 saturated carbocycles. The van der Waals surface area contributed by atoms with E-state index in [1.807, 2.05) is 51.1 Å². The Kier molecular flexibility index (Phi) is 3.62. The van der Waals surface area contributed by atoms with Gasteiger partial charge in [0.15, 0.2) is 0 Å².